The first-order valence-electron chi connectivity index (χ1n) is 5.34. The molecule has 0 aromatic carbocycles. The van der Waals surface area contributed by atoms with Crippen LogP contribution >= 0.6 is 0 Å². The summed E-state index contributed by atoms with van der Waals surface area (Å²) in [7, 11) is -3.52. The Labute approximate surface area is 123 Å². The molecule has 0 spiro atoms. The van der Waals surface area contributed by atoms with Gasteiger partial charge >= 0.3 is 112 Å². The predicted molar refractivity (Wildman–Crippen MR) is 66.4 cm³/mol. The zero-order valence-corrected chi connectivity index (χ0v) is 14.7. The number of fused-ring (bicyclic) bond motifs is 2. The maximum Gasteiger partial charge on any atom is -0.412 e. The summed E-state index contributed by atoms with van der Waals surface area (Å²) in [5.41, 5.74) is -0.884. The Bertz CT molecular complexity index is 432. The van der Waals surface area contributed by atoms with Gasteiger partial charge in [0, 0.05) is 0 Å². The Morgan fingerprint density at radius 3 is 2.28 bits per heavy atom. The Morgan fingerprint density at radius 1 is 1.39 bits per heavy atom. The molecule has 2 saturated carbocycles. The maximum absolute atomic E-state index is 12.1. The van der Waals surface area contributed by atoms with Crippen molar-refractivity contribution in [1.82, 2.24) is 0 Å². The number of carbonyl (C=O) groups excluding carboxylic acids is 1. The number of Topliss-reactive ketones (excluding diaryl/α,β-unsaturated/α-hetero) is 1. The molecule has 0 aliphatic heterocycles. The van der Waals surface area contributed by atoms with E-state index in [4.69, 9.17) is 0 Å². The fraction of sp³-hybridized carbons (Fsp3) is 0.900. The SMILES string of the molecule is CC1(C)C2CCC1(CS(=O)(=O)[O][Bi])C(=O)C2.O.O. The standard InChI is InChI=1S/C10H16O4S.Bi.2H2O/c1-9(2)7-3-4-10(9,8(11)5-7)6-15(12,13)14;;;/h7H,3-6H2,1-2H3,(H,12,13,14);;2*1H2/q;+1;;/p-1. The van der Waals surface area contributed by atoms with Gasteiger partial charge in [-0.25, -0.2) is 0 Å². The van der Waals surface area contributed by atoms with Crippen LogP contribution in [0, 0.1) is 16.7 Å². The minimum absolute atomic E-state index is 0. The molecular formula is C10H19BiO6S. The van der Waals surface area contributed by atoms with Gasteiger partial charge in [0.15, 0.2) is 0 Å². The summed E-state index contributed by atoms with van der Waals surface area (Å²) < 4.78 is 27.9. The van der Waals surface area contributed by atoms with Crippen molar-refractivity contribution in [3.63, 3.8) is 0 Å². The van der Waals surface area contributed by atoms with E-state index in [2.05, 4.69) is 2.26 Å². The fourth-order valence-electron chi connectivity index (χ4n) is 3.44. The molecule has 2 aliphatic rings. The fourth-order valence-corrected chi connectivity index (χ4v) is 5.38. The van der Waals surface area contributed by atoms with Crippen molar-refractivity contribution in [2.24, 2.45) is 16.7 Å². The summed E-state index contributed by atoms with van der Waals surface area (Å²) in [4.78, 5) is 12.1. The Morgan fingerprint density at radius 2 is 1.94 bits per heavy atom. The van der Waals surface area contributed by atoms with E-state index in [9.17, 15) is 13.2 Å². The van der Waals surface area contributed by atoms with Crippen LogP contribution in [0.5, 0.6) is 0 Å². The van der Waals surface area contributed by atoms with Crippen molar-refractivity contribution in [1.29, 1.82) is 0 Å². The predicted octanol–water partition coefficient (Wildman–Crippen LogP) is -0.838. The van der Waals surface area contributed by atoms with Crippen molar-refractivity contribution < 1.29 is 26.4 Å². The second-order valence-corrected chi connectivity index (χ2v) is 8.73. The molecule has 2 rings (SSSR count). The summed E-state index contributed by atoms with van der Waals surface area (Å²) in [5.74, 6) is 0.341. The second-order valence-electron chi connectivity index (χ2n) is 5.44. The smallest absolute Gasteiger partial charge is 0.412 e. The molecule has 6 nitrogen and oxygen atoms in total. The number of hydrogen-bond donors (Lipinski definition) is 0. The van der Waals surface area contributed by atoms with Gasteiger partial charge in [-0.1, -0.05) is 0 Å². The largest absolute Gasteiger partial charge is 0.412 e. The van der Waals surface area contributed by atoms with Crippen LogP contribution in [-0.2, 0) is 17.2 Å². The second kappa shape index (κ2) is 5.40. The Balaban J connectivity index is 0.00000144. The van der Waals surface area contributed by atoms with Crippen molar-refractivity contribution in [3.05, 3.63) is 0 Å². The van der Waals surface area contributed by atoms with Crippen molar-refractivity contribution in [3.8, 4) is 0 Å². The van der Waals surface area contributed by atoms with Crippen LogP contribution in [0.1, 0.15) is 33.1 Å². The van der Waals surface area contributed by atoms with Crippen LogP contribution in [0.2, 0.25) is 0 Å². The van der Waals surface area contributed by atoms with Crippen LogP contribution in [-0.4, -0.2) is 56.1 Å². The van der Waals surface area contributed by atoms with Crippen LogP contribution in [0.3, 0.4) is 0 Å². The normalized spacial score (nSPS) is 32.8. The van der Waals surface area contributed by atoms with E-state index in [0.29, 0.717) is 43.9 Å². The van der Waals surface area contributed by atoms with Gasteiger partial charge in [0.25, 0.3) is 0 Å². The number of carbonyl (C=O) groups is 1. The molecule has 2 atom stereocenters. The van der Waals surface area contributed by atoms with Crippen molar-refractivity contribution in [2.75, 3.05) is 5.75 Å². The van der Waals surface area contributed by atoms with Crippen LogP contribution in [0.25, 0.3) is 0 Å². The van der Waals surface area contributed by atoms with Gasteiger partial charge in [-0.15, -0.1) is 0 Å². The Hall–Kier alpha value is 0.383. The number of ketones is 1. The molecule has 18 heavy (non-hydrogen) atoms. The summed E-state index contributed by atoms with van der Waals surface area (Å²) in [6, 6.07) is 0. The zero-order valence-electron chi connectivity index (χ0n) is 10.4. The molecule has 2 aliphatic carbocycles. The summed E-state index contributed by atoms with van der Waals surface area (Å²) in [6.07, 6.45) is 2.21. The molecule has 2 unspecified atom stereocenters. The molecule has 0 aromatic rings. The van der Waals surface area contributed by atoms with E-state index in [1.807, 2.05) is 13.8 Å². The van der Waals surface area contributed by atoms with Gasteiger partial charge in [-0.05, 0) is 0 Å². The van der Waals surface area contributed by atoms with E-state index in [0.717, 1.165) is 6.42 Å². The number of hydrogen-bond acceptors (Lipinski definition) is 4. The molecular weight excluding hydrogens is 457 g/mol. The van der Waals surface area contributed by atoms with E-state index < -0.39 is 15.5 Å². The minimum atomic E-state index is -3.52. The van der Waals surface area contributed by atoms with Crippen LogP contribution in [0.15, 0.2) is 0 Å². The summed E-state index contributed by atoms with van der Waals surface area (Å²) in [5, 5.41) is 0. The third-order valence-electron chi connectivity index (χ3n) is 4.68. The van der Waals surface area contributed by atoms with Gasteiger partial charge in [0.05, 0.1) is 0 Å². The van der Waals surface area contributed by atoms with Crippen molar-refractivity contribution in [2.45, 2.75) is 33.1 Å². The maximum atomic E-state index is 12.1. The molecule has 0 heterocycles. The van der Waals surface area contributed by atoms with Crippen LogP contribution in [0.4, 0.5) is 0 Å². The minimum Gasteiger partial charge on any atom is -0.412 e. The molecule has 2 radical (unpaired) electrons. The topological polar surface area (TPSA) is 123 Å². The van der Waals surface area contributed by atoms with E-state index in [1.165, 1.54) is 0 Å². The molecule has 0 saturated heterocycles. The average molecular weight is 476 g/mol. The van der Waals surface area contributed by atoms with E-state index >= 15 is 0 Å². The molecule has 2 fully saturated rings. The molecule has 0 amide bonds. The van der Waals surface area contributed by atoms with E-state index in [-0.39, 0.29) is 27.9 Å². The number of rotatable bonds is 3. The quantitative estimate of drug-likeness (QED) is 0.493. The average Bonchev–Trinajstić information content (AvgIpc) is 2.51. The summed E-state index contributed by atoms with van der Waals surface area (Å²) in [6.45, 7) is 4.05. The zero-order chi connectivity index (χ0) is 12.2. The molecule has 4 N–H and O–H groups in total. The molecule has 0 aromatic heterocycles. The van der Waals surface area contributed by atoms with E-state index in [1.54, 1.807) is 0 Å². The van der Waals surface area contributed by atoms with Gasteiger partial charge in [0.1, 0.15) is 0 Å². The first-order valence-corrected chi connectivity index (χ1v) is 8.34. The van der Waals surface area contributed by atoms with Crippen LogP contribution < -0.4 is 0 Å². The molecule has 2 bridgehead atoms. The van der Waals surface area contributed by atoms with Gasteiger partial charge in [-0.2, -0.15) is 0 Å². The first-order chi connectivity index (χ1) is 7.25. The van der Waals surface area contributed by atoms with Gasteiger partial charge in [0.2, 0.25) is 0 Å². The van der Waals surface area contributed by atoms with Gasteiger partial charge < -0.3 is 11.0 Å². The third-order valence-corrected chi connectivity index (χ3v) is 8.40. The van der Waals surface area contributed by atoms with Gasteiger partial charge in [-0.3, -0.25) is 0 Å². The van der Waals surface area contributed by atoms with Crippen molar-refractivity contribution >= 4 is 41.1 Å². The Kier molecular flexibility index (Phi) is 5.52. The summed E-state index contributed by atoms with van der Waals surface area (Å²) >= 11 is 0.360. The first kappa shape index (κ1) is 18.4. The third kappa shape index (κ3) is 2.38. The molecule has 106 valence electrons. The monoisotopic (exact) mass is 476 g/mol. The molecule has 8 heteroatoms.